The fraction of sp³-hybridized carbons (Fsp3) is 0.909. The second-order valence-corrected chi connectivity index (χ2v) is 5.59. The molecule has 1 saturated heterocycles. The maximum Gasteiger partial charge on any atom is 0.114 e. The average Bonchev–Trinajstić information content (AvgIpc) is 2.58. The fourth-order valence-electron chi connectivity index (χ4n) is 4.22. The van der Waals surface area contributed by atoms with Gasteiger partial charge in [-0.15, -0.1) is 0 Å². The molecular weight excluding hydrogens is 180 g/mol. The van der Waals surface area contributed by atoms with Gasteiger partial charge in [-0.25, -0.2) is 0 Å². The van der Waals surface area contributed by atoms with E-state index in [9.17, 15) is 9.90 Å². The SMILES string of the molecule is CC12COC3(C(=O)[O-])CC1CCC32C. The Morgan fingerprint density at radius 2 is 2.21 bits per heavy atom. The molecule has 14 heavy (non-hydrogen) atoms. The maximum absolute atomic E-state index is 11.3. The van der Waals surface area contributed by atoms with E-state index in [-0.39, 0.29) is 10.8 Å². The summed E-state index contributed by atoms with van der Waals surface area (Å²) < 4.78 is 5.58. The lowest BCUT2D eigenvalue weighted by molar-refractivity contribution is -0.331. The zero-order valence-corrected chi connectivity index (χ0v) is 8.63. The predicted molar refractivity (Wildman–Crippen MR) is 47.2 cm³/mol. The van der Waals surface area contributed by atoms with Gasteiger partial charge in [-0.1, -0.05) is 13.8 Å². The summed E-state index contributed by atoms with van der Waals surface area (Å²) >= 11 is 0. The van der Waals surface area contributed by atoms with Crippen LogP contribution in [0.4, 0.5) is 0 Å². The van der Waals surface area contributed by atoms with Crippen molar-refractivity contribution in [1.82, 2.24) is 0 Å². The first-order chi connectivity index (χ1) is 6.46. The van der Waals surface area contributed by atoms with Gasteiger partial charge in [-0.3, -0.25) is 0 Å². The van der Waals surface area contributed by atoms with E-state index >= 15 is 0 Å². The lowest BCUT2D eigenvalue weighted by Gasteiger charge is -2.42. The van der Waals surface area contributed by atoms with Gasteiger partial charge in [-0.2, -0.15) is 0 Å². The summed E-state index contributed by atoms with van der Waals surface area (Å²) in [5.41, 5.74) is -1.08. The number of hydrogen-bond donors (Lipinski definition) is 0. The number of carbonyl (C=O) groups is 1. The molecule has 2 aliphatic carbocycles. The van der Waals surface area contributed by atoms with Gasteiger partial charge >= 0.3 is 0 Å². The summed E-state index contributed by atoms with van der Waals surface area (Å²) in [5, 5.41) is 11.3. The largest absolute Gasteiger partial charge is 0.547 e. The van der Waals surface area contributed by atoms with Gasteiger partial charge in [0.2, 0.25) is 0 Å². The van der Waals surface area contributed by atoms with Crippen molar-refractivity contribution in [2.24, 2.45) is 16.7 Å². The number of ether oxygens (including phenoxy) is 1. The first-order valence-electron chi connectivity index (χ1n) is 5.32. The highest BCUT2D eigenvalue weighted by Crippen LogP contribution is 2.74. The van der Waals surface area contributed by atoms with Gasteiger partial charge < -0.3 is 14.6 Å². The summed E-state index contributed by atoms with van der Waals surface area (Å²) in [7, 11) is 0. The molecule has 0 amide bonds. The second-order valence-electron chi connectivity index (χ2n) is 5.59. The van der Waals surface area contributed by atoms with Crippen LogP contribution in [0.1, 0.15) is 33.1 Å². The van der Waals surface area contributed by atoms with Gasteiger partial charge in [-0.05, 0) is 25.2 Å². The van der Waals surface area contributed by atoms with Crippen LogP contribution in [0.5, 0.6) is 0 Å². The van der Waals surface area contributed by atoms with Crippen LogP contribution in [0.3, 0.4) is 0 Å². The number of carboxylic acids is 1. The average molecular weight is 195 g/mol. The Hall–Kier alpha value is -0.570. The van der Waals surface area contributed by atoms with Crippen LogP contribution in [0.25, 0.3) is 0 Å². The van der Waals surface area contributed by atoms with Crippen molar-refractivity contribution < 1.29 is 14.6 Å². The first kappa shape index (κ1) is 8.72. The number of aliphatic carboxylic acids is 1. The van der Waals surface area contributed by atoms with Crippen molar-refractivity contribution >= 4 is 5.97 Å². The van der Waals surface area contributed by atoms with Crippen LogP contribution in [-0.2, 0) is 9.53 Å². The number of hydrogen-bond acceptors (Lipinski definition) is 3. The number of carboxylic acid groups (broad SMARTS) is 1. The van der Waals surface area contributed by atoms with Crippen LogP contribution in [0.15, 0.2) is 0 Å². The quantitative estimate of drug-likeness (QED) is 0.606. The van der Waals surface area contributed by atoms with Crippen LogP contribution in [0, 0.1) is 16.7 Å². The molecule has 4 unspecified atom stereocenters. The molecule has 0 spiro atoms. The molecule has 3 nitrogen and oxygen atoms in total. The second kappa shape index (κ2) is 2.01. The Morgan fingerprint density at radius 3 is 2.64 bits per heavy atom. The third-order valence-corrected chi connectivity index (χ3v) is 5.53. The van der Waals surface area contributed by atoms with Crippen molar-refractivity contribution in [3.63, 3.8) is 0 Å². The van der Waals surface area contributed by atoms with Crippen molar-refractivity contribution in [2.75, 3.05) is 6.61 Å². The van der Waals surface area contributed by atoms with Gasteiger partial charge in [0, 0.05) is 10.8 Å². The molecule has 0 N–H and O–H groups in total. The molecule has 3 heteroatoms. The highest BCUT2D eigenvalue weighted by molar-refractivity contribution is 5.79. The zero-order chi connectivity index (χ0) is 10.2. The smallest absolute Gasteiger partial charge is 0.114 e. The summed E-state index contributed by atoms with van der Waals surface area (Å²) in [4.78, 5) is 11.3. The van der Waals surface area contributed by atoms with Gasteiger partial charge in [0.1, 0.15) is 5.60 Å². The number of rotatable bonds is 1. The van der Waals surface area contributed by atoms with Crippen molar-refractivity contribution in [3.8, 4) is 0 Å². The molecule has 0 aromatic carbocycles. The lowest BCUT2D eigenvalue weighted by Crippen LogP contribution is -2.56. The third-order valence-electron chi connectivity index (χ3n) is 5.53. The minimum atomic E-state index is -0.995. The highest BCUT2D eigenvalue weighted by Gasteiger charge is 2.76. The van der Waals surface area contributed by atoms with Gasteiger partial charge in [0.05, 0.1) is 12.6 Å². The number of carbonyl (C=O) groups excluding carboxylic acids is 1. The predicted octanol–water partition coefficient (Wildman–Crippen LogP) is 0.332. The Morgan fingerprint density at radius 1 is 1.50 bits per heavy atom. The maximum atomic E-state index is 11.3. The molecule has 0 aromatic rings. The molecule has 3 rings (SSSR count). The normalized spacial score (nSPS) is 59.4. The topological polar surface area (TPSA) is 49.4 Å². The summed E-state index contributed by atoms with van der Waals surface area (Å²) in [6.07, 6.45) is 2.80. The minimum absolute atomic E-state index is 0.0765. The molecule has 1 heterocycles. The molecule has 1 aliphatic heterocycles. The molecule has 78 valence electrons. The van der Waals surface area contributed by atoms with Crippen molar-refractivity contribution in [2.45, 2.75) is 38.7 Å². The highest BCUT2D eigenvalue weighted by atomic mass is 16.5. The minimum Gasteiger partial charge on any atom is -0.547 e. The lowest BCUT2D eigenvalue weighted by atomic mass is 9.66. The zero-order valence-electron chi connectivity index (χ0n) is 8.63. The monoisotopic (exact) mass is 195 g/mol. The molecule has 0 aromatic heterocycles. The molecule has 4 atom stereocenters. The van der Waals surface area contributed by atoms with Crippen molar-refractivity contribution in [3.05, 3.63) is 0 Å². The molecule has 3 fully saturated rings. The van der Waals surface area contributed by atoms with E-state index in [2.05, 4.69) is 13.8 Å². The van der Waals surface area contributed by atoms with E-state index in [4.69, 9.17) is 4.74 Å². The van der Waals surface area contributed by atoms with E-state index < -0.39 is 11.6 Å². The van der Waals surface area contributed by atoms with E-state index in [0.29, 0.717) is 18.9 Å². The molecular formula is C11H15O3-. The Balaban J connectivity index is 2.18. The Bertz CT molecular complexity index is 326. The molecule has 4 bridgehead atoms. The van der Waals surface area contributed by atoms with E-state index in [1.807, 2.05) is 0 Å². The molecule has 2 saturated carbocycles. The van der Waals surface area contributed by atoms with Crippen LogP contribution in [-0.4, -0.2) is 18.2 Å². The van der Waals surface area contributed by atoms with E-state index in [1.54, 1.807) is 0 Å². The van der Waals surface area contributed by atoms with Gasteiger partial charge in [0.15, 0.2) is 0 Å². The van der Waals surface area contributed by atoms with E-state index in [0.717, 1.165) is 12.8 Å². The van der Waals surface area contributed by atoms with Gasteiger partial charge in [0.25, 0.3) is 0 Å². The summed E-state index contributed by atoms with van der Waals surface area (Å²) in [5.74, 6) is -0.468. The fourth-order valence-corrected chi connectivity index (χ4v) is 4.22. The molecule has 0 radical (unpaired) electrons. The summed E-state index contributed by atoms with van der Waals surface area (Å²) in [6, 6.07) is 0. The molecule has 3 aliphatic rings. The van der Waals surface area contributed by atoms with Crippen LogP contribution >= 0.6 is 0 Å². The summed E-state index contributed by atoms with van der Waals surface area (Å²) in [6.45, 7) is 4.85. The van der Waals surface area contributed by atoms with Crippen molar-refractivity contribution in [1.29, 1.82) is 0 Å². The standard InChI is InChI=1S/C11H16O3/c1-9-6-14-11(8(12)13)5-7(9)3-4-10(9,11)2/h7H,3-6H2,1-2H3,(H,12,13)/p-1. The van der Waals surface area contributed by atoms with Crippen LogP contribution < -0.4 is 5.11 Å². The van der Waals surface area contributed by atoms with E-state index in [1.165, 1.54) is 0 Å². The Labute approximate surface area is 83.4 Å². The third kappa shape index (κ3) is 0.553. The first-order valence-corrected chi connectivity index (χ1v) is 5.32. The van der Waals surface area contributed by atoms with Crippen LogP contribution in [0.2, 0.25) is 0 Å². The Kier molecular flexibility index (Phi) is 1.25.